The van der Waals surface area contributed by atoms with E-state index in [0.717, 1.165) is 28.4 Å². The maximum absolute atomic E-state index is 10.8. The van der Waals surface area contributed by atoms with Gasteiger partial charge >= 0.3 is 5.97 Å². The van der Waals surface area contributed by atoms with Crippen molar-refractivity contribution in [3.8, 4) is 0 Å². The van der Waals surface area contributed by atoms with E-state index in [1.165, 1.54) is 0 Å². The molecule has 0 radical (unpaired) electrons. The summed E-state index contributed by atoms with van der Waals surface area (Å²) in [5, 5.41) is 14.0. The summed E-state index contributed by atoms with van der Waals surface area (Å²) in [5.74, 6) is -0.982. The van der Waals surface area contributed by atoms with E-state index in [1.807, 2.05) is 43.3 Å². The molecule has 0 unspecified atom stereocenters. The highest BCUT2D eigenvalue weighted by Crippen LogP contribution is 2.24. The van der Waals surface area contributed by atoms with E-state index in [1.54, 1.807) is 5.38 Å². The molecule has 6 heteroatoms. The van der Waals surface area contributed by atoms with E-state index in [2.05, 4.69) is 10.3 Å². The number of hydrogen-bond acceptors (Lipinski definition) is 5. The SMILES string of the molecule is CN(C)c1ccccc1NCc1csc(C(=O)O)n1. The summed E-state index contributed by atoms with van der Waals surface area (Å²) in [6, 6.07) is 7.94. The molecule has 2 rings (SSSR count). The summed E-state index contributed by atoms with van der Waals surface area (Å²) in [5.41, 5.74) is 2.81. The summed E-state index contributed by atoms with van der Waals surface area (Å²) in [4.78, 5) is 16.8. The van der Waals surface area contributed by atoms with Gasteiger partial charge in [0.1, 0.15) is 0 Å². The van der Waals surface area contributed by atoms with Crippen LogP contribution in [0.25, 0.3) is 0 Å². The molecule has 1 heterocycles. The molecular weight excluding hydrogens is 262 g/mol. The Bertz CT molecular complexity index is 581. The van der Waals surface area contributed by atoms with Gasteiger partial charge in [-0.25, -0.2) is 9.78 Å². The number of aromatic carboxylic acids is 1. The van der Waals surface area contributed by atoms with Crippen molar-refractivity contribution in [2.45, 2.75) is 6.54 Å². The second kappa shape index (κ2) is 5.71. The Hall–Kier alpha value is -2.08. The summed E-state index contributed by atoms with van der Waals surface area (Å²) >= 11 is 1.14. The molecule has 1 aromatic heterocycles. The lowest BCUT2D eigenvalue weighted by Gasteiger charge is -2.17. The fraction of sp³-hybridized carbons (Fsp3) is 0.231. The van der Waals surface area contributed by atoms with Crippen LogP contribution in [-0.4, -0.2) is 30.2 Å². The number of rotatable bonds is 5. The first-order valence-electron chi connectivity index (χ1n) is 5.76. The predicted molar refractivity (Wildman–Crippen MR) is 77.2 cm³/mol. The van der Waals surface area contributed by atoms with E-state index < -0.39 is 5.97 Å². The second-order valence-corrected chi connectivity index (χ2v) is 5.07. The molecule has 0 aliphatic heterocycles. The summed E-state index contributed by atoms with van der Waals surface area (Å²) in [7, 11) is 3.96. The third kappa shape index (κ3) is 3.23. The number of carbonyl (C=O) groups is 1. The lowest BCUT2D eigenvalue weighted by atomic mass is 10.2. The molecule has 0 bridgehead atoms. The molecule has 19 heavy (non-hydrogen) atoms. The Labute approximate surface area is 115 Å². The van der Waals surface area contributed by atoms with Gasteiger partial charge in [0, 0.05) is 19.5 Å². The topological polar surface area (TPSA) is 65.5 Å². The Kier molecular flexibility index (Phi) is 4.01. The first kappa shape index (κ1) is 13.4. The number of hydrogen-bond donors (Lipinski definition) is 2. The highest BCUT2D eigenvalue weighted by Gasteiger charge is 2.09. The highest BCUT2D eigenvalue weighted by atomic mass is 32.1. The van der Waals surface area contributed by atoms with Gasteiger partial charge in [0.2, 0.25) is 5.01 Å². The van der Waals surface area contributed by atoms with Gasteiger partial charge in [0.25, 0.3) is 0 Å². The van der Waals surface area contributed by atoms with Gasteiger partial charge in [-0.1, -0.05) is 12.1 Å². The molecule has 0 fully saturated rings. The lowest BCUT2D eigenvalue weighted by Crippen LogP contribution is -2.12. The molecule has 0 saturated heterocycles. The van der Waals surface area contributed by atoms with E-state index in [0.29, 0.717) is 6.54 Å². The standard InChI is InChI=1S/C13H15N3O2S/c1-16(2)11-6-4-3-5-10(11)14-7-9-8-19-12(15-9)13(17)18/h3-6,8,14H,7H2,1-2H3,(H,17,18). The number of nitrogens with zero attached hydrogens (tertiary/aromatic N) is 2. The maximum atomic E-state index is 10.8. The molecule has 0 atom stereocenters. The summed E-state index contributed by atoms with van der Waals surface area (Å²) in [6.07, 6.45) is 0. The zero-order valence-electron chi connectivity index (χ0n) is 10.8. The van der Waals surface area contributed by atoms with Crippen LogP contribution in [0.5, 0.6) is 0 Å². The molecule has 0 saturated carbocycles. The first-order valence-corrected chi connectivity index (χ1v) is 6.64. The monoisotopic (exact) mass is 277 g/mol. The highest BCUT2D eigenvalue weighted by molar-refractivity contribution is 7.11. The number of carboxylic acids is 1. The van der Waals surface area contributed by atoms with Crippen molar-refractivity contribution in [1.82, 2.24) is 4.98 Å². The number of thiazole rings is 1. The Morgan fingerprint density at radius 3 is 2.79 bits per heavy atom. The van der Waals surface area contributed by atoms with Crippen LogP contribution in [0.1, 0.15) is 15.5 Å². The van der Waals surface area contributed by atoms with E-state index >= 15 is 0 Å². The Morgan fingerprint density at radius 1 is 1.42 bits per heavy atom. The van der Waals surface area contributed by atoms with Crippen molar-refractivity contribution in [2.75, 3.05) is 24.3 Å². The van der Waals surface area contributed by atoms with Gasteiger partial charge in [0.15, 0.2) is 0 Å². The quantitative estimate of drug-likeness (QED) is 0.879. The number of nitrogens with one attached hydrogen (secondary N) is 1. The summed E-state index contributed by atoms with van der Waals surface area (Å²) < 4.78 is 0. The molecular formula is C13H15N3O2S. The first-order chi connectivity index (χ1) is 9.08. The fourth-order valence-electron chi connectivity index (χ4n) is 1.69. The largest absolute Gasteiger partial charge is 0.476 e. The zero-order chi connectivity index (χ0) is 13.8. The number of aromatic nitrogens is 1. The Morgan fingerprint density at radius 2 is 2.16 bits per heavy atom. The van der Waals surface area contributed by atoms with Crippen LogP contribution in [0, 0.1) is 0 Å². The van der Waals surface area contributed by atoms with E-state index in [9.17, 15) is 4.79 Å². The second-order valence-electron chi connectivity index (χ2n) is 4.21. The van der Waals surface area contributed by atoms with Crippen molar-refractivity contribution in [3.63, 3.8) is 0 Å². The van der Waals surface area contributed by atoms with Gasteiger partial charge < -0.3 is 15.3 Å². The third-order valence-electron chi connectivity index (χ3n) is 2.58. The van der Waals surface area contributed by atoms with Gasteiger partial charge in [-0.3, -0.25) is 0 Å². The van der Waals surface area contributed by atoms with Gasteiger partial charge in [0.05, 0.1) is 23.6 Å². The fourth-order valence-corrected chi connectivity index (χ4v) is 2.34. The average Bonchev–Trinajstić information content (AvgIpc) is 2.85. The smallest absolute Gasteiger partial charge is 0.365 e. The minimum atomic E-state index is -0.982. The van der Waals surface area contributed by atoms with Crippen molar-refractivity contribution in [2.24, 2.45) is 0 Å². The number of benzene rings is 1. The molecule has 0 amide bonds. The maximum Gasteiger partial charge on any atom is 0.365 e. The molecule has 5 nitrogen and oxygen atoms in total. The molecule has 2 aromatic rings. The molecule has 100 valence electrons. The van der Waals surface area contributed by atoms with Gasteiger partial charge in [-0.15, -0.1) is 11.3 Å². The summed E-state index contributed by atoms with van der Waals surface area (Å²) in [6.45, 7) is 0.509. The lowest BCUT2D eigenvalue weighted by molar-refractivity contribution is 0.0696. The van der Waals surface area contributed by atoms with Crippen molar-refractivity contribution < 1.29 is 9.90 Å². The van der Waals surface area contributed by atoms with Gasteiger partial charge in [-0.2, -0.15) is 0 Å². The Balaban J connectivity index is 2.08. The van der Waals surface area contributed by atoms with Crippen molar-refractivity contribution in [1.29, 1.82) is 0 Å². The number of para-hydroxylation sites is 2. The molecule has 0 aliphatic rings. The van der Waals surface area contributed by atoms with Crippen molar-refractivity contribution >= 4 is 28.7 Å². The van der Waals surface area contributed by atoms with Crippen LogP contribution in [-0.2, 0) is 6.54 Å². The minimum absolute atomic E-state index is 0.123. The van der Waals surface area contributed by atoms with Crippen LogP contribution in [0.2, 0.25) is 0 Å². The van der Waals surface area contributed by atoms with Crippen LogP contribution in [0.3, 0.4) is 0 Å². The normalized spacial score (nSPS) is 10.2. The number of anilines is 2. The predicted octanol–water partition coefficient (Wildman–Crippen LogP) is 2.52. The van der Waals surface area contributed by atoms with E-state index in [-0.39, 0.29) is 5.01 Å². The zero-order valence-corrected chi connectivity index (χ0v) is 11.6. The van der Waals surface area contributed by atoms with Crippen molar-refractivity contribution in [3.05, 3.63) is 40.3 Å². The van der Waals surface area contributed by atoms with Crippen LogP contribution >= 0.6 is 11.3 Å². The van der Waals surface area contributed by atoms with E-state index in [4.69, 9.17) is 5.11 Å². The minimum Gasteiger partial charge on any atom is -0.476 e. The third-order valence-corrected chi connectivity index (χ3v) is 3.46. The molecule has 0 aliphatic carbocycles. The van der Waals surface area contributed by atoms with Crippen LogP contribution in [0.15, 0.2) is 29.6 Å². The van der Waals surface area contributed by atoms with Crippen LogP contribution < -0.4 is 10.2 Å². The van der Waals surface area contributed by atoms with Crippen LogP contribution in [0.4, 0.5) is 11.4 Å². The average molecular weight is 277 g/mol. The molecule has 1 aromatic carbocycles. The molecule has 0 spiro atoms. The van der Waals surface area contributed by atoms with Gasteiger partial charge in [-0.05, 0) is 12.1 Å². The molecule has 2 N–H and O–H groups in total. The number of carboxylic acid groups (broad SMARTS) is 1.